The molecular weight excluding hydrogens is 851 g/mol. The standard InChI is InChI=1S/C43H61N9O13/c1-29(2)33-23-34(36(54)24-35(33)53)42-45-46-43(63)52(42)30-3-5-31(6-4-30)65-32-7-11-51(12-8-32)38(56)9-21-64-22-10-44-37(55)25-47-13-15-48(26-39(57)58)17-19-50(28-41(61)62)20-18-49(16-14-47)27-40(59)60/h3-6,23-24,29,32,53-54H,7-22,25-28H2,1-2H3,(H,44,55)(H,46,63)(H,57,58)(H,59,60)(H,61,62). The third kappa shape index (κ3) is 15.6. The van der Waals surface area contributed by atoms with Gasteiger partial charge in [0.05, 0.1) is 57.1 Å². The highest BCUT2D eigenvalue weighted by Crippen LogP contribution is 2.37. The van der Waals surface area contributed by atoms with E-state index in [1.807, 2.05) is 18.7 Å². The normalized spacial score (nSPS) is 16.8. The molecule has 22 heteroatoms. The van der Waals surface area contributed by atoms with Gasteiger partial charge in [-0.3, -0.25) is 43.6 Å². The Labute approximate surface area is 375 Å². The molecule has 0 spiro atoms. The number of phenols is 2. The number of phenolic OH excluding ortho intramolecular Hbond substituents is 2. The number of aromatic hydroxyl groups is 2. The van der Waals surface area contributed by atoms with Crippen LogP contribution in [0.1, 0.15) is 44.6 Å². The minimum atomic E-state index is -1.04. The molecule has 7 N–H and O–H groups in total. The predicted molar refractivity (Wildman–Crippen MR) is 234 cm³/mol. The number of nitrogens with zero attached hydrogens (tertiary/aromatic N) is 7. The number of aromatic amines is 1. The molecule has 3 heterocycles. The number of ether oxygens (including phenoxy) is 2. The number of aliphatic carboxylic acids is 3. The molecule has 356 valence electrons. The van der Waals surface area contributed by atoms with E-state index in [1.54, 1.807) is 49.9 Å². The minimum Gasteiger partial charge on any atom is -0.508 e. The Bertz CT molecular complexity index is 2110. The molecule has 2 aromatic carbocycles. The zero-order valence-electron chi connectivity index (χ0n) is 36.9. The van der Waals surface area contributed by atoms with Gasteiger partial charge in [0.15, 0.2) is 5.82 Å². The number of carbonyl (C=O) groups excluding carboxylic acids is 2. The van der Waals surface area contributed by atoms with Crippen molar-refractivity contribution in [2.75, 3.05) is 111 Å². The average molecular weight is 912 g/mol. The van der Waals surface area contributed by atoms with Gasteiger partial charge in [-0.15, -0.1) is 0 Å². The number of hydrogen-bond acceptors (Lipinski definition) is 15. The Morgan fingerprint density at radius 3 is 1.77 bits per heavy atom. The minimum absolute atomic E-state index is 0.0164. The zero-order chi connectivity index (χ0) is 47.0. The lowest BCUT2D eigenvalue weighted by molar-refractivity contribution is -0.140. The fourth-order valence-corrected chi connectivity index (χ4v) is 7.77. The maximum atomic E-state index is 13.0. The molecule has 0 unspecified atom stereocenters. The Morgan fingerprint density at radius 1 is 0.738 bits per heavy atom. The van der Waals surface area contributed by atoms with Crippen molar-refractivity contribution >= 4 is 29.7 Å². The molecule has 2 fully saturated rings. The molecular formula is C43H61N9O13. The largest absolute Gasteiger partial charge is 0.508 e. The number of H-pyrrole nitrogens is 1. The number of carboxylic acids is 3. The van der Waals surface area contributed by atoms with Crippen LogP contribution in [0.15, 0.2) is 41.2 Å². The summed E-state index contributed by atoms with van der Waals surface area (Å²) in [5, 5.41) is 58.5. The second kappa shape index (κ2) is 24.3. The van der Waals surface area contributed by atoms with E-state index in [1.165, 1.54) is 10.6 Å². The topological polar surface area (TPSA) is 284 Å². The van der Waals surface area contributed by atoms with Crippen molar-refractivity contribution in [1.82, 2.24) is 44.6 Å². The molecule has 1 aromatic heterocycles. The van der Waals surface area contributed by atoms with Crippen molar-refractivity contribution in [3.8, 4) is 34.3 Å². The van der Waals surface area contributed by atoms with Crippen molar-refractivity contribution in [2.45, 2.75) is 45.1 Å². The highest BCUT2D eigenvalue weighted by atomic mass is 16.5. The highest BCUT2D eigenvalue weighted by molar-refractivity contribution is 5.78. The summed E-state index contributed by atoms with van der Waals surface area (Å²) < 4.78 is 13.2. The molecule has 0 bridgehead atoms. The lowest BCUT2D eigenvalue weighted by atomic mass is 9.98. The van der Waals surface area contributed by atoms with E-state index in [0.717, 1.165) is 0 Å². The summed E-state index contributed by atoms with van der Waals surface area (Å²) in [5.41, 5.74) is 0.874. The first-order valence-corrected chi connectivity index (χ1v) is 21.7. The van der Waals surface area contributed by atoms with Gasteiger partial charge in [-0.2, -0.15) is 5.10 Å². The van der Waals surface area contributed by atoms with Crippen LogP contribution in [0.4, 0.5) is 0 Å². The van der Waals surface area contributed by atoms with Gasteiger partial charge in [-0.25, -0.2) is 14.5 Å². The predicted octanol–water partition coefficient (Wildman–Crippen LogP) is 0.130. The molecule has 3 aromatic rings. The van der Waals surface area contributed by atoms with E-state index < -0.39 is 23.6 Å². The summed E-state index contributed by atoms with van der Waals surface area (Å²) in [7, 11) is 0. The number of rotatable bonds is 19. The highest BCUT2D eigenvalue weighted by Gasteiger charge is 2.25. The van der Waals surface area contributed by atoms with Crippen LogP contribution in [0, 0.1) is 0 Å². The Balaban J connectivity index is 1.02. The van der Waals surface area contributed by atoms with Gasteiger partial charge in [-0.05, 0) is 41.8 Å². The van der Waals surface area contributed by atoms with E-state index in [2.05, 4.69) is 15.5 Å². The van der Waals surface area contributed by atoms with Crippen molar-refractivity contribution in [3.63, 3.8) is 0 Å². The monoisotopic (exact) mass is 911 g/mol. The number of aromatic nitrogens is 3. The summed E-state index contributed by atoms with van der Waals surface area (Å²) in [5.74, 6) is -2.99. The maximum Gasteiger partial charge on any atom is 0.348 e. The maximum absolute atomic E-state index is 13.0. The SMILES string of the molecule is CC(C)c1cc(-c2n[nH]c(=O)n2-c2ccc(OC3CCN(C(=O)CCOCCNC(=O)CN4CCN(CC(=O)O)CCN(CC(=O)O)CCN(CC(=O)O)CC4)CC3)cc2)c(O)cc1O. The van der Waals surface area contributed by atoms with Crippen LogP contribution < -0.4 is 15.7 Å². The summed E-state index contributed by atoms with van der Waals surface area (Å²) in [6.45, 7) is 6.91. The number of benzene rings is 2. The molecule has 0 radical (unpaired) electrons. The molecule has 2 aliphatic rings. The molecule has 2 aliphatic heterocycles. The molecule has 0 saturated carbocycles. The number of carbonyl (C=O) groups is 5. The van der Waals surface area contributed by atoms with Gasteiger partial charge in [0.1, 0.15) is 23.4 Å². The number of amides is 2. The van der Waals surface area contributed by atoms with Crippen LogP contribution in [-0.2, 0) is 28.7 Å². The van der Waals surface area contributed by atoms with E-state index in [-0.39, 0.29) is 125 Å². The summed E-state index contributed by atoms with van der Waals surface area (Å²) in [6, 6.07) is 9.75. The lowest BCUT2D eigenvalue weighted by Gasteiger charge is -2.32. The van der Waals surface area contributed by atoms with Gasteiger partial charge >= 0.3 is 23.6 Å². The molecule has 2 amide bonds. The van der Waals surface area contributed by atoms with Gasteiger partial charge in [0.2, 0.25) is 11.8 Å². The number of carboxylic acid groups (broad SMARTS) is 3. The molecule has 0 aliphatic carbocycles. The summed E-state index contributed by atoms with van der Waals surface area (Å²) >= 11 is 0. The first-order chi connectivity index (χ1) is 31.1. The molecule has 22 nitrogen and oxygen atoms in total. The Morgan fingerprint density at radius 2 is 1.26 bits per heavy atom. The Hall–Kier alpha value is -6.07. The van der Waals surface area contributed by atoms with Crippen molar-refractivity contribution < 1.29 is 59.0 Å². The van der Waals surface area contributed by atoms with Crippen molar-refractivity contribution in [2.24, 2.45) is 0 Å². The second-order valence-electron chi connectivity index (χ2n) is 16.5. The van der Waals surface area contributed by atoms with E-state index in [9.17, 15) is 54.3 Å². The van der Waals surface area contributed by atoms with Crippen LogP contribution in [0.2, 0.25) is 0 Å². The fraction of sp³-hybridized carbons (Fsp3) is 0.558. The Kier molecular flexibility index (Phi) is 18.7. The van der Waals surface area contributed by atoms with Gasteiger partial charge in [0, 0.05) is 90.9 Å². The third-order valence-corrected chi connectivity index (χ3v) is 11.3. The second-order valence-corrected chi connectivity index (χ2v) is 16.5. The van der Waals surface area contributed by atoms with Gasteiger partial charge in [0.25, 0.3) is 0 Å². The van der Waals surface area contributed by atoms with Crippen LogP contribution in [0.3, 0.4) is 0 Å². The zero-order valence-corrected chi connectivity index (χ0v) is 36.9. The number of hydrogen-bond donors (Lipinski definition) is 7. The van der Waals surface area contributed by atoms with Crippen molar-refractivity contribution in [1.29, 1.82) is 0 Å². The van der Waals surface area contributed by atoms with E-state index >= 15 is 0 Å². The van der Waals surface area contributed by atoms with Crippen LogP contribution in [-0.4, -0.2) is 212 Å². The molecule has 0 atom stereocenters. The lowest BCUT2D eigenvalue weighted by Crippen LogP contribution is -2.50. The number of piperidine rings is 1. The summed E-state index contributed by atoms with van der Waals surface area (Å²) in [6.07, 6.45) is 1.26. The first-order valence-electron chi connectivity index (χ1n) is 21.7. The first kappa shape index (κ1) is 49.9. The quantitative estimate of drug-likeness (QED) is 0.0787. The van der Waals surface area contributed by atoms with Gasteiger partial charge in [-0.1, -0.05) is 13.8 Å². The number of likely N-dealkylation sites (tertiary alicyclic amines) is 1. The van der Waals surface area contributed by atoms with Crippen LogP contribution in [0.5, 0.6) is 17.2 Å². The third-order valence-electron chi connectivity index (χ3n) is 11.3. The number of nitrogens with one attached hydrogen (secondary N) is 2. The average Bonchev–Trinajstić information content (AvgIpc) is 3.63. The van der Waals surface area contributed by atoms with Crippen molar-refractivity contribution in [3.05, 3.63) is 52.4 Å². The van der Waals surface area contributed by atoms with Crippen LogP contribution >= 0.6 is 0 Å². The molecule has 2 saturated heterocycles. The van der Waals surface area contributed by atoms with E-state index in [0.29, 0.717) is 69.1 Å². The molecule has 65 heavy (non-hydrogen) atoms. The van der Waals surface area contributed by atoms with E-state index in [4.69, 9.17) is 9.47 Å². The van der Waals surface area contributed by atoms with Gasteiger partial charge < -0.3 is 45.2 Å². The van der Waals surface area contributed by atoms with Crippen LogP contribution in [0.25, 0.3) is 17.1 Å². The molecule has 5 rings (SSSR count). The smallest absolute Gasteiger partial charge is 0.348 e. The fourth-order valence-electron chi connectivity index (χ4n) is 7.77. The summed E-state index contributed by atoms with van der Waals surface area (Å²) in [4.78, 5) is 81.8.